The van der Waals surface area contributed by atoms with Gasteiger partial charge >= 0.3 is 12.0 Å². The average molecular weight is 403 g/mol. The minimum absolute atomic E-state index is 0.363. The second kappa shape index (κ2) is 9.65. The quantitative estimate of drug-likeness (QED) is 0.605. The zero-order chi connectivity index (χ0) is 20.8. The van der Waals surface area contributed by atoms with Crippen LogP contribution in [-0.2, 0) is 9.53 Å². The first-order valence-corrected chi connectivity index (χ1v) is 9.91. The lowest BCUT2D eigenvalue weighted by Crippen LogP contribution is -2.48. The molecule has 0 bridgehead atoms. The highest BCUT2D eigenvalue weighted by Crippen LogP contribution is 2.34. The number of carbonyl (C=O) groups is 2. The van der Waals surface area contributed by atoms with Gasteiger partial charge in [0, 0.05) is 18.3 Å². The summed E-state index contributed by atoms with van der Waals surface area (Å²) in [5, 5.41) is 9.09. The minimum Gasteiger partial charge on any atom is -0.493 e. The average Bonchev–Trinajstić information content (AvgIpc) is 2.76. The molecule has 29 heavy (non-hydrogen) atoms. The van der Waals surface area contributed by atoms with Gasteiger partial charge in [-0.2, -0.15) is 0 Å². The zero-order valence-electron chi connectivity index (χ0n) is 17.2. The fraction of sp³-hybridized carbons (Fsp3) is 0.524. The molecule has 1 heterocycles. The lowest BCUT2D eigenvalue weighted by molar-refractivity contribution is -0.136. The van der Waals surface area contributed by atoms with Gasteiger partial charge in [-0.3, -0.25) is 0 Å². The maximum atomic E-state index is 12.6. The number of urea groups is 1. The molecule has 0 spiro atoms. The molecule has 2 amide bonds. The molecule has 1 aromatic carbocycles. The summed E-state index contributed by atoms with van der Waals surface area (Å²) in [6.07, 6.45) is 5.86. The predicted molar refractivity (Wildman–Crippen MR) is 108 cm³/mol. The Kier molecular flexibility index (Phi) is 6.98. The van der Waals surface area contributed by atoms with E-state index in [4.69, 9.17) is 14.2 Å². The summed E-state index contributed by atoms with van der Waals surface area (Å²) in [7, 11) is 4.43. The van der Waals surface area contributed by atoms with E-state index in [0.717, 1.165) is 12.8 Å². The van der Waals surface area contributed by atoms with Crippen molar-refractivity contribution in [2.75, 3.05) is 27.9 Å². The minimum atomic E-state index is -0.654. The molecule has 3 rings (SSSR count). The van der Waals surface area contributed by atoms with Crippen LogP contribution in [0.4, 0.5) is 4.79 Å². The number of esters is 1. The third-order valence-electron chi connectivity index (χ3n) is 5.47. The third-order valence-corrected chi connectivity index (χ3v) is 5.47. The molecule has 1 aliphatic heterocycles. The number of amides is 2. The Balaban J connectivity index is 1.93. The SMILES string of the molecule is COC(=O)C1=C(CNC2CCCCC2)NC(=O)N[C@H]1c1ccc(OC)c(OC)c1. The molecule has 3 N–H and O–H groups in total. The molecule has 2 aliphatic rings. The van der Waals surface area contributed by atoms with Crippen molar-refractivity contribution in [1.29, 1.82) is 0 Å². The van der Waals surface area contributed by atoms with Crippen molar-refractivity contribution in [3.63, 3.8) is 0 Å². The first-order chi connectivity index (χ1) is 14.1. The third kappa shape index (κ3) is 4.82. The van der Waals surface area contributed by atoms with Crippen LogP contribution < -0.4 is 25.4 Å². The molecule has 0 radical (unpaired) electrons. The first-order valence-electron chi connectivity index (χ1n) is 9.91. The van der Waals surface area contributed by atoms with E-state index in [2.05, 4.69) is 16.0 Å². The standard InChI is InChI=1S/C21H29N3O5/c1-27-16-10-9-13(11-17(16)28-2)19-18(20(25)29-3)15(23-21(26)24-19)12-22-14-7-5-4-6-8-14/h9-11,14,19,22H,4-8,12H2,1-3H3,(H2,23,24,26)/t19-/m0/s1. The highest BCUT2D eigenvalue weighted by atomic mass is 16.5. The number of hydrogen-bond donors (Lipinski definition) is 3. The van der Waals surface area contributed by atoms with Crippen LogP contribution in [0.2, 0.25) is 0 Å². The van der Waals surface area contributed by atoms with Crippen molar-refractivity contribution >= 4 is 12.0 Å². The summed E-state index contributed by atoms with van der Waals surface area (Å²) in [6.45, 7) is 0.395. The predicted octanol–water partition coefficient (Wildman–Crippen LogP) is 2.41. The lowest BCUT2D eigenvalue weighted by Gasteiger charge is -2.31. The Bertz CT molecular complexity index is 787. The monoisotopic (exact) mass is 403 g/mol. The smallest absolute Gasteiger partial charge is 0.338 e. The van der Waals surface area contributed by atoms with E-state index in [1.165, 1.54) is 26.4 Å². The van der Waals surface area contributed by atoms with E-state index in [1.54, 1.807) is 32.4 Å². The maximum absolute atomic E-state index is 12.6. The fourth-order valence-electron chi connectivity index (χ4n) is 3.94. The number of rotatable bonds is 7. The van der Waals surface area contributed by atoms with E-state index in [0.29, 0.717) is 40.9 Å². The Morgan fingerprint density at radius 1 is 1.10 bits per heavy atom. The van der Waals surface area contributed by atoms with Gasteiger partial charge in [0.15, 0.2) is 11.5 Å². The molecular formula is C21H29N3O5. The van der Waals surface area contributed by atoms with Gasteiger partial charge in [0.1, 0.15) is 0 Å². The van der Waals surface area contributed by atoms with Crippen molar-refractivity contribution in [2.45, 2.75) is 44.2 Å². The molecule has 1 fully saturated rings. The molecule has 1 aliphatic carbocycles. The van der Waals surface area contributed by atoms with E-state index in [1.807, 2.05) is 0 Å². The van der Waals surface area contributed by atoms with Gasteiger partial charge in [0.2, 0.25) is 0 Å². The number of carbonyl (C=O) groups excluding carboxylic acids is 2. The highest BCUT2D eigenvalue weighted by Gasteiger charge is 2.34. The van der Waals surface area contributed by atoms with Gasteiger partial charge in [-0.25, -0.2) is 9.59 Å². The van der Waals surface area contributed by atoms with Crippen LogP contribution in [0, 0.1) is 0 Å². The molecule has 0 saturated heterocycles. The second-order valence-corrected chi connectivity index (χ2v) is 7.25. The van der Waals surface area contributed by atoms with Crippen LogP contribution in [0.15, 0.2) is 29.5 Å². The summed E-state index contributed by atoms with van der Waals surface area (Å²) < 4.78 is 15.7. The lowest BCUT2D eigenvalue weighted by atomic mass is 9.93. The summed E-state index contributed by atoms with van der Waals surface area (Å²) in [5.74, 6) is 0.598. The van der Waals surface area contributed by atoms with Crippen molar-refractivity contribution in [2.24, 2.45) is 0 Å². The van der Waals surface area contributed by atoms with E-state index in [9.17, 15) is 9.59 Å². The van der Waals surface area contributed by atoms with Crippen LogP contribution in [0.25, 0.3) is 0 Å². The summed E-state index contributed by atoms with van der Waals surface area (Å²) in [5.41, 5.74) is 1.61. The van der Waals surface area contributed by atoms with Gasteiger partial charge in [0.25, 0.3) is 0 Å². The van der Waals surface area contributed by atoms with Crippen LogP contribution in [0.5, 0.6) is 11.5 Å². The van der Waals surface area contributed by atoms with E-state index < -0.39 is 12.0 Å². The summed E-state index contributed by atoms with van der Waals surface area (Å²) >= 11 is 0. The van der Waals surface area contributed by atoms with Crippen LogP contribution in [0.3, 0.4) is 0 Å². The Morgan fingerprint density at radius 2 is 1.83 bits per heavy atom. The van der Waals surface area contributed by atoms with Crippen molar-refractivity contribution in [3.8, 4) is 11.5 Å². The van der Waals surface area contributed by atoms with E-state index in [-0.39, 0.29) is 6.03 Å². The number of nitrogens with one attached hydrogen (secondary N) is 3. The molecule has 1 saturated carbocycles. The van der Waals surface area contributed by atoms with Crippen LogP contribution in [0.1, 0.15) is 43.7 Å². The number of methoxy groups -OCH3 is 3. The molecule has 0 unspecified atom stereocenters. The summed E-state index contributed by atoms with van der Waals surface area (Å²) in [4.78, 5) is 25.0. The van der Waals surface area contributed by atoms with Crippen molar-refractivity contribution in [3.05, 3.63) is 35.0 Å². The molecule has 8 nitrogen and oxygen atoms in total. The molecule has 1 aromatic rings. The Hall–Kier alpha value is -2.74. The topological polar surface area (TPSA) is 97.9 Å². The second-order valence-electron chi connectivity index (χ2n) is 7.25. The molecule has 8 heteroatoms. The van der Waals surface area contributed by atoms with Crippen LogP contribution in [-0.4, -0.2) is 45.9 Å². The van der Waals surface area contributed by atoms with E-state index >= 15 is 0 Å². The molecule has 1 atom stereocenters. The molecule has 0 aromatic heterocycles. The largest absolute Gasteiger partial charge is 0.493 e. The Morgan fingerprint density at radius 3 is 2.48 bits per heavy atom. The number of ether oxygens (including phenoxy) is 3. The van der Waals surface area contributed by atoms with Crippen molar-refractivity contribution in [1.82, 2.24) is 16.0 Å². The van der Waals surface area contributed by atoms with Gasteiger partial charge in [-0.15, -0.1) is 0 Å². The van der Waals surface area contributed by atoms with Crippen molar-refractivity contribution < 1.29 is 23.8 Å². The molecular weight excluding hydrogens is 374 g/mol. The maximum Gasteiger partial charge on any atom is 0.338 e. The number of hydrogen-bond acceptors (Lipinski definition) is 6. The Labute approximate surface area is 171 Å². The van der Waals surface area contributed by atoms with Gasteiger partial charge in [0.05, 0.1) is 32.9 Å². The van der Waals surface area contributed by atoms with Gasteiger partial charge in [-0.05, 0) is 30.5 Å². The van der Waals surface area contributed by atoms with Crippen LogP contribution >= 0.6 is 0 Å². The zero-order valence-corrected chi connectivity index (χ0v) is 17.2. The first kappa shape index (κ1) is 21.0. The number of benzene rings is 1. The fourth-order valence-corrected chi connectivity index (χ4v) is 3.94. The van der Waals surface area contributed by atoms with Gasteiger partial charge < -0.3 is 30.2 Å². The molecule has 158 valence electrons. The normalized spacial score (nSPS) is 20.0. The highest BCUT2D eigenvalue weighted by molar-refractivity contribution is 5.95. The van der Waals surface area contributed by atoms with Gasteiger partial charge in [-0.1, -0.05) is 25.3 Å². The summed E-state index contributed by atoms with van der Waals surface area (Å²) in [6, 6.07) is 4.67.